The van der Waals surface area contributed by atoms with Crippen LogP contribution in [0.1, 0.15) is 92.9 Å². The van der Waals surface area contributed by atoms with Crippen molar-refractivity contribution in [3.8, 4) is 0 Å². The molecule has 0 heterocycles. The predicted molar refractivity (Wildman–Crippen MR) is 124 cm³/mol. The van der Waals surface area contributed by atoms with Crippen LogP contribution in [0.25, 0.3) is 0 Å². The fourth-order valence-corrected chi connectivity index (χ4v) is 8.33. The lowest BCUT2D eigenvalue weighted by Crippen LogP contribution is -2.54. The van der Waals surface area contributed by atoms with Gasteiger partial charge in [-0.1, -0.05) is 65.3 Å². The third-order valence-electron chi connectivity index (χ3n) is 10.6. The summed E-state index contributed by atoms with van der Waals surface area (Å²) in [6, 6.07) is 0. The van der Waals surface area contributed by atoms with E-state index in [0.717, 1.165) is 30.1 Å². The van der Waals surface area contributed by atoms with Crippen LogP contribution in [-0.4, -0.2) is 11.2 Å². The Morgan fingerprint density at radius 3 is 2.48 bits per heavy atom. The minimum Gasteiger partial charge on any atom is -0.392 e. The van der Waals surface area contributed by atoms with Crippen molar-refractivity contribution < 1.29 is 5.11 Å². The normalized spacial score (nSPS) is 46.8. The summed E-state index contributed by atoms with van der Waals surface area (Å²) in [5.74, 6) is 5.28. The van der Waals surface area contributed by atoms with Crippen LogP contribution >= 0.6 is 0 Å². The average molecular weight is 399 g/mol. The highest BCUT2D eigenvalue weighted by atomic mass is 16.3. The van der Waals surface area contributed by atoms with Gasteiger partial charge in [-0.3, -0.25) is 0 Å². The van der Waals surface area contributed by atoms with Crippen LogP contribution in [-0.2, 0) is 0 Å². The Morgan fingerprint density at radius 1 is 1.00 bits per heavy atom. The van der Waals surface area contributed by atoms with Crippen molar-refractivity contribution in [3.63, 3.8) is 0 Å². The molecule has 0 saturated heterocycles. The van der Waals surface area contributed by atoms with Gasteiger partial charge in [0.15, 0.2) is 0 Å². The maximum Gasteiger partial charge on any atom is 0.0633 e. The Morgan fingerprint density at radius 2 is 1.76 bits per heavy atom. The standard InChI is InChI=1S/C28H46O/c1-18(2)19(3)10-11-20(4)23-14-15-24-22-13-12-21-8-7-9-26(29)28(21,6)25(22)16-17-27(23,24)5/h10-12,18-20,22-26,29H,7-9,13-17H2,1-6H3/b11-10+/t19-,20+,22-,23+,24-,25-,26?,27+,28-/m0/s1. The molecular formula is C28H46O. The number of fused-ring (bicyclic) bond motifs is 5. The summed E-state index contributed by atoms with van der Waals surface area (Å²) in [6.07, 6.45) is 17.7. The molecule has 9 atom stereocenters. The molecule has 1 nitrogen and oxygen atoms in total. The lowest BCUT2D eigenvalue weighted by atomic mass is 9.46. The smallest absolute Gasteiger partial charge is 0.0633 e. The van der Waals surface area contributed by atoms with E-state index in [4.69, 9.17) is 0 Å². The Hall–Kier alpha value is -0.560. The van der Waals surface area contributed by atoms with Crippen molar-refractivity contribution in [2.45, 2.75) is 99.0 Å². The van der Waals surface area contributed by atoms with E-state index < -0.39 is 0 Å². The van der Waals surface area contributed by atoms with Crippen LogP contribution in [0.3, 0.4) is 0 Å². The number of rotatable bonds is 4. The quantitative estimate of drug-likeness (QED) is 0.489. The molecule has 3 fully saturated rings. The average Bonchev–Trinajstić information content (AvgIpc) is 3.04. The Balaban J connectivity index is 1.55. The van der Waals surface area contributed by atoms with Crippen molar-refractivity contribution >= 4 is 0 Å². The molecule has 1 heteroatoms. The first-order valence-corrected chi connectivity index (χ1v) is 12.8. The van der Waals surface area contributed by atoms with Gasteiger partial charge in [0.2, 0.25) is 0 Å². The molecule has 0 spiro atoms. The van der Waals surface area contributed by atoms with E-state index in [0.29, 0.717) is 23.2 Å². The molecule has 1 unspecified atom stereocenters. The van der Waals surface area contributed by atoms with Crippen LogP contribution in [0.4, 0.5) is 0 Å². The first-order chi connectivity index (χ1) is 13.7. The van der Waals surface area contributed by atoms with Crippen LogP contribution in [0.2, 0.25) is 0 Å². The summed E-state index contributed by atoms with van der Waals surface area (Å²) in [7, 11) is 0. The summed E-state index contributed by atoms with van der Waals surface area (Å²) in [4.78, 5) is 0. The predicted octanol–water partition coefficient (Wildman–Crippen LogP) is 7.41. The third kappa shape index (κ3) is 3.38. The van der Waals surface area contributed by atoms with Gasteiger partial charge < -0.3 is 5.11 Å². The SMILES string of the molecule is CC(C)[C@@H](C)/C=C/[C@@H](C)[C@H]1CC[C@H]2[C@@H]3CC=C4CCCC(O)[C@]4(C)[C@H]3CC[C@]12C. The first kappa shape index (κ1) is 21.7. The van der Waals surface area contributed by atoms with Crippen molar-refractivity contribution in [3.05, 3.63) is 23.8 Å². The molecule has 4 rings (SSSR count). The summed E-state index contributed by atoms with van der Waals surface area (Å²) in [5.41, 5.74) is 2.17. The largest absolute Gasteiger partial charge is 0.392 e. The monoisotopic (exact) mass is 398 g/mol. The van der Waals surface area contributed by atoms with E-state index in [-0.39, 0.29) is 11.5 Å². The molecule has 0 amide bonds. The van der Waals surface area contributed by atoms with Crippen LogP contribution < -0.4 is 0 Å². The van der Waals surface area contributed by atoms with E-state index in [1.807, 2.05) is 0 Å². The molecule has 0 aromatic rings. The highest BCUT2D eigenvalue weighted by Crippen LogP contribution is 2.67. The van der Waals surface area contributed by atoms with Gasteiger partial charge in [0, 0.05) is 5.41 Å². The van der Waals surface area contributed by atoms with Gasteiger partial charge in [-0.2, -0.15) is 0 Å². The van der Waals surface area contributed by atoms with E-state index in [1.54, 1.807) is 5.57 Å². The minimum atomic E-state index is -0.115. The molecule has 4 aliphatic carbocycles. The summed E-state index contributed by atoms with van der Waals surface area (Å²) >= 11 is 0. The zero-order valence-corrected chi connectivity index (χ0v) is 20.0. The Bertz CT molecular complexity index is 659. The highest BCUT2D eigenvalue weighted by Gasteiger charge is 2.60. The number of allylic oxidation sites excluding steroid dienone is 3. The summed E-state index contributed by atoms with van der Waals surface area (Å²) < 4.78 is 0. The zero-order valence-electron chi connectivity index (χ0n) is 20.0. The van der Waals surface area contributed by atoms with E-state index in [2.05, 4.69) is 59.8 Å². The number of aliphatic hydroxyl groups is 1. The maximum absolute atomic E-state index is 11.1. The molecule has 164 valence electrons. The van der Waals surface area contributed by atoms with Crippen LogP contribution in [0.15, 0.2) is 23.8 Å². The van der Waals surface area contributed by atoms with E-state index in [1.165, 1.54) is 44.9 Å². The molecule has 0 radical (unpaired) electrons. The second-order valence-electron chi connectivity index (χ2n) is 12.1. The molecule has 0 aromatic heterocycles. The Labute approximate surface area is 180 Å². The van der Waals surface area contributed by atoms with Gasteiger partial charge >= 0.3 is 0 Å². The molecule has 29 heavy (non-hydrogen) atoms. The maximum atomic E-state index is 11.1. The minimum absolute atomic E-state index is 0.0683. The summed E-state index contributed by atoms with van der Waals surface area (Å²) in [5, 5.41) is 11.1. The topological polar surface area (TPSA) is 20.2 Å². The fraction of sp³-hybridized carbons (Fsp3) is 0.857. The van der Waals surface area contributed by atoms with Crippen molar-refractivity contribution in [2.24, 2.45) is 52.3 Å². The van der Waals surface area contributed by atoms with Crippen molar-refractivity contribution in [1.82, 2.24) is 0 Å². The van der Waals surface area contributed by atoms with E-state index >= 15 is 0 Å². The van der Waals surface area contributed by atoms with Crippen molar-refractivity contribution in [2.75, 3.05) is 0 Å². The van der Waals surface area contributed by atoms with Gasteiger partial charge in [0.05, 0.1) is 6.10 Å². The summed E-state index contributed by atoms with van der Waals surface area (Å²) in [6.45, 7) is 14.6. The second-order valence-corrected chi connectivity index (χ2v) is 12.1. The van der Waals surface area contributed by atoms with Crippen LogP contribution in [0.5, 0.6) is 0 Å². The first-order valence-electron chi connectivity index (χ1n) is 12.8. The van der Waals surface area contributed by atoms with Gasteiger partial charge in [0.1, 0.15) is 0 Å². The molecule has 3 saturated carbocycles. The van der Waals surface area contributed by atoms with Gasteiger partial charge in [0.25, 0.3) is 0 Å². The lowest BCUT2D eigenvalue weighted by Gasteiger charge is -2.59. The third-order valence-corrected chi connectivity index (χ3v) is 10.6. The lowest BCUT2D eigenvalue weighted by molar-refractivity contribution is -0.0913. The number of aliphatic hydroxyl groups excluding tert-OH is 1. The zero-order chi connectivity index (χ0) is 21.0. The van der Waals surface area contributed by atoms with Crippen molar-refractivity contribution in [1.29, 1.82) is 0 Å². The fourth-order valence-electron chi connectivity index (χ4n) is 8.33. The second kappa shape index (κ2) is 7.85. The Kier molecular flexibility index (Phi) is 5.86. The highest BCUT2D eigenvalue weighted by molar-refractivity contribution is 5.26. The van der Waals surface area contributed by atoms with Crippen LogP contribution in [0, 0.1) is 52.3 Å². The van der Waals surface area contributed by atoms with Gasteiger partial charge in [-0.05, 0) is 98.2 Å². The molecule has 0 aromatic carbocycles. The van der Waals surface area contributed by atoms with E-state index in [9.17, 15) is 5.11 Å². The molecule has 0 bridgehead atoms. The molecule has 4 aliphatic rings. The molecule has 0 aliphatic heterocycles. The number of hydrogen-bond acceptors (Lipinski definition) is 1. The number of hydrogen-bond donors (Lipinski definition) is 1. The van der Waals surface area contributed by atoms with Gasteiger partial charge in [-0.25, -0.2) is 0 Å². The molecule has 1 N–H and O–H groups in total. The molecular weight excluding hydrogens is 352 g/mol. The van der Waals surface area contributed by atoms with Gasteiger partial charge in [-0.15, -0.1) is 0 Å².